The van der Waals surface area contributed by atoms with Gasteiger partial charge >= 0.3 is 0 Å². The van der Waals surface area contributed by atoms with Crippen LogP contribution in [-0.2, 0) is 16.5 Å². The van der Waals surface area contributed by atoms with E-state index in [-0.39, 0.29) is 18.1 Å². The molecule has 0 spiro atoms. The molecule has 0 bridgehead atoms. The van der Waals surface area contributed by atoms with Crippen LogP contribution in [0.25, 0.3) is 0 Å². The Bertz CT molecular complexity index is 433. The first kappa shape index (κ1) is 12.8. The highest BCUT2D eigenvalue weighted by molar-refractivity contribution is 5.98. The molecule has 2 unspecified atom stereocenters. The minimum atomic E-state index is -0.137. The van der Waals surface area contributed by atoms with E-state index in [0.717, 1.165) is 0 Å². The predicted octanol–water partition coefficient (Wildman–Crippen LogP) is -0.512. The van der Waals surface area contributed by atoms with Crippen LogP contribution in [0, 0.1) is 0 Å². The van der Waals surface area contributed by atoms with Gasteiger partial charge in [0.05, 0.1) is 6.20 Å². The van der Waals surface area contributed by atoms with Crippen LogP contribution in [0.4, 0.5) is 5.82 Å². The normalized spacial score (nSPS) is 23.6. The number of nitrogens with zero attached hydrogens (tertiary/aromatic N) is 3. The Labute approximate surface area is 105 Å². The summed E-state index contributed by atoms with van der Waals surface area (Å²) < 4.78 is 12.1. The number of carbonyl (C=O) groups excluding carboxylic acids is 1. The van der Waals surface area contributed by atoms with E-state index >= 15 is 0 Å². The Morgan fingerprint density at radius 2 is 1.94 bits per heavy atom. The van der Waals surface area contributed by atoms with E-state index in [4.69, 9.17) is 15.2 Å². The number of aromatic nitrogens is 2. The molecule has 0 aliphatic carbocycles. The first-order chi connectivity index (χ1) is 8.58. The fourth-order valence-corrected chi connectivity index (χ4v) is 2.14. The third kappa shape index (κ3) is 2.06. The van der Waals surface area contributed by atoms with Gasteiger partial charge in [-0.25, -0.2) is 0 Å². The number of ether oxygens (including phenoxy) is 2. The Balaban J connectivity index is 2.14. The summed E-state index contributed by atoms with van der Waals surface area (Å²) >= 11 is 0. The maximum atomic E-state index is 12.3. The maximum absolute atomic E-state index is 12.3. The summed E-state index contributed by atoms with van der Waals surface area (Å²) in [7, 11) is 4.93. The van der Waals surface area contributed by atoms with Gasteiger partial charge in [-0.15, -0.1) is 0 Å². The first-order valence-corrected chi connectivity index (χ1v) is 5.70. The number of hydrogen-bond donors (Lipinski definition) is 1. The van der Waals surface area contributed by atoms with Crippen molar-refractivity contribution in [1.29, 1.82) is 0 Å². The summed E-state index contributed by atoms with van der Waals surface area (Å²) in [6, 6.07) is 0. The smallest absolute Gasteiger partial charge is 0.259 e. The third-order valence-corrected chi connectivity index (χ3v) is 3.32. The van der Waals surface area contributed by atoms with Crippen LogP contribution >= 0.6 is 0 Å². The van der Waals surface area contributed by atoms with Crippen molar-refractivity contribution in [1.82, 2.24) is 14.7 Å². The van der Waals surface area contributed by atoms with E-state index in [1.165, 1.54) is 10.9 Å². The zero-order valence-electron chi connectivity index (χ0n) is 10.8. The fraction of sp³-hybridized carbons (Fsp3) is 0.636. The standard InChI is InChI=1S/C11H18N4O3/c1-14-10(12)7(4-13-14)11(16)15-5-8(17-2)9(6-15)18-3/h4,8-9H,5-6,12H2,1-3H3. The van der Waals surface area contributed by atoms with Crippen LogP contribution in [0.1, 0.15) is 10.4 Å². The van der Waals surface area contributed by atoms with Crippen molar-refractivity contribution in [2.75, 3.05) is 33.0 Å². The maximum Gasteiger partial charge on any atom is 0.259 e. The summed E-state index contributed by atoms with van der Waals surface area (Å²) in [5.41, 5.74) is 6.22. The van der Waals surface area contributed by atoms with Crippen molar-refractivity contribution < 1.29 is 14.3 Å². The van der Waals surface area contributed by atoms with Crippen LogP contribution in [0.15, 0.2) is 6.20 Å². The van der Waals surface area contributed by atoms with E-state index in [1.54, 1.807) is 26.2 Å². The molecule has 2 N–H and O–H groups in total. The SMILES string of the molecule is COC1CN(C(=O)c2cnn(C)c2N)CC1OC. The average Bonchev–Trinajstić information content (AvgIpc) is 2.93. The minimum absolute atomic E-state index is 0.100. The average molecular weight is 254 g/mol. The minimum Gasteiger partial charge on any atom is -0.383 e. The van der Waals surface area contributed by atoms with Gasteiger partial charge in [0.2, 0.25) is 0 Å². The fourth-order valence-electron chi connectivity index (χ4n) is 2.14. The van der Waals surface area contributed by atoms with Gasteiger partial charge in [-0.3, -0.25) is 9.48 Å². The monoisotopic (exact) mass is 254 g/mol. The lowest BCUT2D eigenvalue weighted by Gasteiger charge is -2.15. The zero-order chi connectivity index (χ0) is 13.3. The van der Waals surface area contributed by atoms with Gasteiger partial charge in [0.25, 0.3) is 5.91 Å². The number of anilines is 1. The van der Waals surface area contributed by atoms with Crippen molar-refractivity contribution >= 4 is 11.7 Å². The Kier molecular flexibility index (Phi) is 3.53. The molecule has 18 heavy (non-hydrogen) atoms. The van der Waals surface area contributed by atoms with E-state index in [0.29, 0.717) is 24.5 Å². The Morgan fingerprint density at radius 3 is 2.33 bits per heavy atom. The highest BCUT2D eigenvalue weighted by Crippen LogP contribution is 2.20. The lowest BCUT2D eigenvalue weighted by atomic mass is 10.3. The third-order valence-electron chi connectivity index (χ3n) is 3.32. The molecule has 0 radical (unpaired) electrons. The lowest BCUT2D eigenvalue weighted by molar-refractivity contribution is -0.00461. The van der Waals surface area contributed by atoms with Crippen molar-refractivity contribution in [3.05, 3.63) is 11.8 Å². The molecule has 2 heterocycles. The molecule has 1 fully saturated rings. The number of nitrogen functional groups attached to an aromatic ring is 1. The van der Waals surface area contributed by atoms with Gasteiger partial charge in [-0.2, -0.15) is 5.10 Å². The summed E-state index contributed by atoms with van der Waals surface area (Å²) in [4.78, 5) is 14.0. The number of amides is 1. The summed E-state index contributed by atoms with van der Waals surface area (Å²) in [6.45, 7) is 1.00. The van der Waals surface area contributed by atoms with Crippen LogP contribution in [0.3, 0.4) is 0 Å². The first-order valence-electron chi connectivity index (χ1n) is 5.70. The van der Waals surface area contributed by atoms with E-state index < -0.39 is 0 Å². The summed E-state index contributed by atoms with van der Waals surface area (Å²) in [5, 5.41) is 3.97. The van der Waals surface area contributed by atoms with Gasteiger partial charge in [-0.1, -0.05) is 0 Å². The molecule has 7 nitrogen and oxygen atoms in total. The second kappa shape index (κ2) is 4.95. The quantitative estimate of drug-likeness (QED) is 0.785. The van der Waals surface area contributed by atoms with Crippen molar-refractivity contribution in [2.24, 2.45) is 7.05 Å². The molecule has 1 aliphatic rings. The Morgan fingerprint density at radius 1 is 1.39 bits per heavy atom. The number of rotatable bonds is 3. The highest BCUT2D eigenvalue weighted by atomic mass is 16.5. The molecule has 1 aromatic rings. The molecule has 2 atom stereocenters. The second-order valence-electron chi connectivity index (χ2n) is 4.33. The molecule has 1 saturated heterocycles. The van der Waals surface area contributed by atoms with E-state index in [9.17, 15) is 4.79 Å². The molecule has 100 valence electrons. The zero-order valence-corrected chi connectivity index (χ0v) is 10.8. The molecular formula is C11H18N4O3. The van der Waals surface area contributed by atoms with E-state index in [1.807, 2.05) is 0 Å². The van der Waals surface area contributed by atoms with E-state index in [2.05, 4.69) is 5.10 Å². The van der Waals surface area contributed by atoms with Gasteiger partial charge < -0.3 is 20.1 Å². The van der Waals surface area contributed by atoms with Crippen LogP contribution in [0.5, 0.6) is 0 Å². The molecular weight excluding hydrogens is 236 g/mol. The number of carbonyl (C=O) groups is 1. The summed E-state index contributed by atoms with van der Waals surface area (Å²) in [6.07, 6.45) is 1.29. The number of aryl methyl sites for hydroxylation is 1. The van der Waals surface area contributed by atoms with Gasteiger partial charge in [-0.05, 0) is 0 Å². The largest absolute Gasteiger partial charge is 0.383 e. The van der Waals surface area contributed by atoms with Crippen LogP contribution in [-0.4, -0.2) is 60.1 Å². The molecule has 7 heteroatoms. The second-order valence-corrected chi connectivity index (χ2v) is 4.33. The Hall–Kier alpha value is -1.60. The summed E-state index contributed by atoms with van der Waals surface area (Å²) in [5.74, 6) is 0.233. The van der Waals surface area contributed by atoms with Crippen LogP contribution in [0.2, 0.25) is 0 Å². The van der Waals surface area contributed by atoms with Crippen molar-refractivity contribution in [3.8, 4) is 0 Å². The lowest BCUT2D eigenvalue weighted by Crippen LogP contribution is -2.30. The number of nitrogens with two attached hydrogens (primary N) is 1. The predicted molar refractivity (Wildman–Crippen MR) is 65.1 cm³/mol. The highest BCUT2D eigenvalue weighted by Gasteiger charge is 2.36. The van der Waals surface area contributed by atoms with Gasteiger partial charge in [0.1, 0.15) is 23.6 Å². The molecule has 0 aromatic carbocycles. The molecule has 1 aliphatic heterocycles. The molecule has 1 amide bonds. The molecule has 0 saturated carbocycles. The number of likely N-dealkylation sites (tertiary alicyclic amines) is 1. The number of methoxy groups -OCH3 is 2. The molecule has 1 aromatic heterocycles. The van der Waals surface area contributed by atoms with Crippen LogP contribution < -0.4 is 5.73 Å². The van der Waals surface area contributed by atoms with Crippen molar-refractivity contribution in [3.63, 3.8) is 0 Å². The number of hydrogen-bond acceptors (Lipinski definition) is 5. The topological polar surface area (TPSA) is 82.6 Å². The molecule has 2 rings (SSSR count). The van der Waals surface area contributed by atoms with Crippen molar-refractivity contribution in [2.45, 2.75) is 12.2 Å². The van der Waals surface area contributed by atoms with Gasteiger partial charge in [0.15, 0.2) is 0 Å². The van der Waals surface area contributed by atoms with Gasteiger partial charge in [0, 0.05) is 34.4 Å².